The van der Waals surface area contributed by atoms with Crippen molar-refractivity contribution in [1.29, 1.82) is 0 Å². The van der Waals surface area contributed by atoms with Crippen LogP contribution in [0.4, 0.5) is 5.82 Å². The molecule has 0 unspecified atom stereocenters. The minimum absolute atomic E-state index is 0.239. The number of carbonyl (C=O) groups is 1. The van der Waals surface area contributed by atoms with Crippen LogP contribution < -0.4 is 10.2 Å². The first-order valence-corrected chi connectivity index (χ1v) is 8.28. The van der Waals surface area contributed by atoms with Gasteiger partial charge in [-0.3, -0.25) is 4.79 Å². The van der Waals surface area contributed by atoms with Gasteiger partial charge in [0.15, 0.2) is 5.65 Å². The Bertz CT molecular complexity index is 935. The molecule has 1 amide bonds. The van der Waals surface area contributed by atoms with Crippen molar-refractivity contribution in [3.8, 4) is 0 Å². The molecule has 0 spiro atoms. The van der Waals surface area contributed by atoms with Crippen LogP contribution in [0.5, 0.6) is 0 Å². The van der Waals surface area contributed by atoms with Crippen LogP contribution in [0.25, 0.3) is 11.2 Å². The second-order valence-electron chi connectivity index (χ2n) is 5.93. The molecule has 10 nitrogen and oxygen atoms in total. The van der Waals surface area contributed by atoms with Crippen LogP contribution in [0.15, 0.2) is 24.7 Å². The average molecular weight is 354 g/mol. The Labute approximate surface area is 149 Å². The smallest absolute Gasteiger partial charge is 0.253 e. The summed E-state index contributed by atoms with van der Waals surface area (Å²) in [5.74, 6) is 0.604. The lowest BCUT2D eigenvalue weighted by Gasteiger charge is -2.27. The first-order chi connectivity index (χ1) is 12.7. The third kappa shape index (κ3) is 3.31. The number of anilines is 1. The van der Waals surface area contributed by atoms with E-state index in [9.17, 15) is 4.79 Å². The van der Waals surface area contributed by atoms with Crippen LogP contribution in [-0.2, 0) is 18.3 Å². The van der Waals surface area contributed by atoms with Crippen LogP contribution in [0.3, 0.4) is 0 Å². The van der Waals surface area contributed by atoms with E-state index in [2.05, 4.69) is 35.5 Å². The molecular formula is C16H18N8O2. The number of fused-ring (bicyclic) bond motifs is 1. The highest BCUT2D eigenvalue weighted by Gasteiger charge is 2.14. The van der Waals surface area contributed by atoms with Crippen molar-refractivity contribution in [1.82, 2.24) is 35.3 Å². The van der Waals surface area contributed by atoms with E-state index in [0.717, 1.165) is 24.6 Å². The molecule has 0 atom stereocenters. The van der Waals surface area contributed by atoms with Gasteiger partial charge < -0.3 is 15.0 Å². The second kappa shape index (κ2) is 7.00. The summed E-state index contributed by atoms with van der Waals surface area (Å²) in [5, 5.41) is 10.7. The van der Waals surface area contributed by atoms with Crippen molar-refractivity contribution >= 4 is 22.9 Å². The highest BCUT2D eigenvalue weighted by Crippen LogP contribution is 2.13. The zero-order chi connectivity index (χ0) is 17.9. The van der Waals surface area contributed by atoms with Gasteiger partial charge in [0, 0.05) is 32.4 Å². The summed E-state index contributed by atoms with van der Waals surface area (Å²) in [4.78, 5) is 27.3. The van der Waals surface area contributed by atoms with Gasteiger partial charge in [0.25, 0.3) is 5.91 Å². The number of hydrogen-bond donors (Lipinski definition) is 1. The number of nitrogens with one attached hydrogen (secondary N) is 1. The fraction of sp³-hybridized carbons (Fsp3) is 0.375. The molecule has 10 heteroatoms. The van der Waals surface area contributed by atoms with Gasteiger partial charge in [0.05, 0.1) is 31.0 Å². The topological polar surface area (TPSA) is 111 Å². The number of nitrogens with zero attached hydrogens (tertiary/aromatic N) is 7. The van der Waals surface area contributed by atoms with Crippen LogP contribution in [0.1, 0.15) is 16.1 Å². The number of aromatic nitrogens is 6. The van der Waals surface area contributed by atoms with Gasteiger partial charge in [0.1, 0.15) is 17.7 Å². The number of amides is 1. The SMILES string of the molecule is Cn1nnc2cc(C(=O)NCc3cc(N4CCOCC4)ncn3)cnc21. The Balaban J connectivity index is 1.43. The maximum atomic E-state index is 12.4. The summed E-state index contributed by atoms with van der Waals surface area (Å²) in [7, 11) is 1.75. The first-order valence-electron chi connectivity index (χ1n) is 8.28. The monoisotopic (exact) mass is 354 g/mol. The Morgan fingerprint density at radius 1 is 1.23 bits per heavy atom. The number of ether oxygens (including phenoxy) is 1. The largest absolute Gasteiger partial charge is 0.378 e. The second-order valence-corrected chi connectivity index (χ2v) is 5.93. The molecule has 3 aromatic rings. The highest BCUT2D eigenvalue weighted by atomic mass is 16.5. The van der Waals surface area contributed by atoms with E-state index in [-0.39, 0.29) is 5.91 Å². The summed E-state index contributed by atoms with van der Waals surface area (Å²) in [6.45, 7) is 3.28. The van der Waals surface area contributed by atoms with Crippen LogP contribution >= 0.6 is 0 Å². The summed E-state index contributed by atoms with van der Waals surface area (Å²) >= 11 is 0. The molecule has 0 aliphatic carbocycles. The van der Waals surface area contributed by atoms with Gasteiger partial charge >= 0.3 is 0 Å². The predicted molar refractivity (Wildman–Crippen MR) is 92.5 cm³/mol. The molecule has 0 aromatic carbocycles. The summed E-state index contributed by atoms with van der Waals surface area (Å²) in [6.07, 6.45) is 3.03. The van der Waals surface area contributed by atoms with Gasteiger partial charge in [-0.2, -0.15) is 0 Å². The lowest BCUT2D eigenvalue weighted by atomic mass is 10.2. The van der Waals surface area contributed by atoms with Gasteiger partial charge in [0.2, 0.25) is 0 Å². The van der Waals surface area contributed by atoms with E-state index in [0.29, 0.717) is 36.5 Å². The molecule has 0 bridgehead atoms. The van der Waals surface area contributed by atoms with Crippen molar-refractivity contribution in [2.24, 2.45) is 7.05 Å². The molecule has 3 aromatic heterocycles. The van der Waals surface area contributed by atoms with Gasteiger partial charge in [-0.05, 0) is 6.07 Å². The first kappa shape index (κ1) is 16.3. The Kier molecular flexibility index (Phi) is 4.40. The van der Waals surface area contributed by atoms with E-state index >= 15 is 0 Å². The minimum Gasteiger partial charge on any atom is -0.378 e. The molecule has 1 saturated heterocycles. The van der Waals surface area contributed by atoms with Gasteiger partial charge in [-0.15, -0.1) is 5.10 Å². The number of morpholine rings is 1. The van der Waals surface area contributed by atoms with Crippen molar-refractivity contribution in [2.75, 3.05) is 31.2 Å². The molecule has 1 fully saturated rings. The van der Waals surface area contributed by atoms with E-state index in [1.165, 1.54) is 12.5 Å². The molecular weight excluding hydrogens is 336 g/mol. The Hall–Kier alpha value is -3.14. The number of pyridine rings is 1. The minimum atomic E-state index is -0.239. The van der Waals surface area contributed by atoms with Crippen molar-refractivity contribution in [3.05, 3.63) is 35.9 Å². The molecule has 0 radical (unpaired) electrons. The summed E-state index contributed by atoms with van der Waals surface area (Å²) in [5.41, 5.74) is 2.38. The van der Waals surface area contributed by atoms with E-state index in [1.54, 1.807) is 17.8 Å². The van der Waals surface area contributed by atoms with E-state index < -0.39 is 0 Å². The number of aryl methyl sites for hydroxylation is 1. The maximum Gasteiger partial charge on any atom is 0.253 e. The third-order valence-corrected chi connectivity index (χ3v) is 4.18. The molecule has 4 rings (SSSR count). The Morgan fingerprint density at radius 2 is 2.08 bits per heavy atom. The fourth-order valence-electron chi connectivity index (χ4n) is 2.77. The van der Waals surface area contributed by atoms with Crippen LogP contribution in [0.2, 0.25) is 0 Å². The van der Waals surface area contributed by atoms with Crippen molar-refractivity contribution < 1.29 is 9.53 Å². The average Bonchev–Trinajstić information content (AvgIpc) is 3.07. The zero-order valence-electron chi connectivity index (χ0n) is 14.3. The Morgan fingerprint density at radius 3 is 2.92 bits per heavy atom. The lowest BCUT2D eigenvalue weighted by Crippen LogP contribution is -2.37. The van der Waals surface area contributed by atoms with E-state index in [1.807, 2.05) is 6.07 Å². The van der Waals surface area contributed by atoms with E-state index in [4.69, 9.17) is 4.74 Å². The number of carbonyl (C=O) groups excluding carboxylic acids is 1. The van der Waals surface area contributed by atoms with Crippen LogP contribution in [0, 0.1) is 0 Å². The van der Waals surface area contributed by atoms with Crippen molar-refractivity contribution in [3.63, 3.8) is 0 Å². The molecule has 1 aliphatic heterocycles. The zero-order valence-corrected chi connectivity index (χ0v) is 14.3. The van der Waals surface area contributed by atoms with Gasteiger partial charge in [-0.1, -0.05) is 5.21 Å². The normalized spacial score (nSPS) is 14.6. The quantitative estimate of drug-likeness (QED) is 0.693. The molecule has 1 N–H and O–H groups in total. The maximum absolute atomic E-state index is 12.4. The third-order valence-electron chi connectivity index (χ3n) is 4.18. The van der Waals surface area contributed by atoms with Gasteiger partial charge in [-0.25, -0.2) is 19.6 Å². The number of hydrogen-bond acceptors (Lipinski definition) is 8. The highest BCUT2D eigenvalue weighted by molar-refractivity contribution is 5.96. The molecule has 26 heavy (non-hydrogen) atoms. The molecule has 4 heterocycles. The summed E-state index contributed by atoms with van der Waals surface area (Å²) in [6, 6.07) is 3.56. The lowest BCUT2D eigenvalue weighted by molar-refractivity contribution is 0.0950. The molecule has 1 aliphatic rings. The predicted octanol–water partition coefficient (Wildman–Crippen LogP) is -0.0801. The molecule has 0 saturated carbocycles. The molecule has 134 valence electrons. The van der Waals surface area contributed by atoms with Crippen LogP contribution in [-0.4, -0.2) is 62.2 Å². The van der Waals surface area contributed by atoms with Crippen molar-refractivity contribution in [2.45, 2.75) is 6.54 Å². The number of rotatable bonds is 4. The standard InChI is InChI=1S/C16H18N8O2/c1-23-15-13(21-22-23)6-11(8-17-15)16(25)18-9-12-7-14(20-10-19-12)24-2-4-26-5-3-24/h6-8,10H,2-5,9H2,1H3,(H,18,25). The fourth-order valence-corrected chi connectivity index (χ4v) is 2.77. The summed E-state index contributed by atoms with van der Waals surface area (Å²) < 4.78 is 6.91.